The van der Waals surface area contributed by atoms with Gasteiger partial charge in [0.25, 0.3) is 0 Å². The number of hydrogen-bond acceptors (Lipinski definition) is 4. The van der Waals surface area contributed by atoms with Crippen LogP contribution in [0.15, 0.2) is 18.2 Å². The van der Waals surface area contributed by atoms with E-state index in [-0.39, 0.29) is 12.0 Å². The minimum absolute atomic E-state index is 0.192. The van der Waals surface area contributed by atoms with Crippen molar-refractivity contribution in [3.05, 3.63) is 29.3 Å². The molecule has 0 fully saturated rings. The van der Waals surface area contributed by atoms with E-state index in [2.05, 4.69) is 11.0 Å². The maximum Gasteiger partial charge on any atom is 0.322 e. The van der Waals surface area contributed by atoms with Crippen LogP contribution >= 0.6 is 0 Å². The molecule has 1 aliphatic rings. The monoisotopic (exact) mass is 234 g/mol. The first kappa shape index (κ1) is 11.9. The molecule has 1 aliphatic heterocycles. The zero-order valence-electron chi connectivity index (χ0n) is 10.3. The third kappa shape index (κ3) is 2.26. The van der Waals surface area contributed by atoms with Crippen molar-refractivity contribution in [3.63, 3.8) is 0 Å². The molecule has 0 aromatic heterocycles. The molecule has 0 spiro atoms. The van der Waals surface area contributed by atoms with E-state index in [0.29, 0.717) is 0 Å². The minimum Gasteiger partial charge on any atom is -0.468 e. The molecule has 1 unspecified atom stereocenters. The van der Waals surface area contributed by atoms with Crippen molar-refractivity contribution in [1.82, 2.24) is 4.90 Å². The third-order valence-electron chi connectivity index (χ3n) is 3.43. The van der Waals surface area contributed by atoms with Crippen molar-refractivity contribution >= 4 is 11.7 Å². The molecule has 4 nitrogen and oxygen atoms in total. The maximum atomic E-state index is 11.5. The van der Waals surface area contributed by atoms with E-state index in [1.54, 1.807) is 0 Å². The molecular weight excluding hydrogens is 216 g/mol. The van der Waals surface area contributed by atoms with Crippen molar-refractivity contribution in [2.45, 2.75) is 25.9 Å². The van der Waals surface area contributed by atoms with Crippen LogP contribution in [0.1, 0.15) is 18.1 Å². The lowest BCUT2D eigenvalue weighted by atomic mass is 9.97. The van der Waals surface area contributed by atoms with Crippen LogP contribution in [-0.4, -0.2) is 30.6 Å². The van der Waals surface area contributed by atoms with Crippen LogP contribution in [0, 0.1) is 0 Å². The fourth-order valence-electron chi connectivity index (χ4n) is 2.28. The number of esters is 1. The summed E-state index contributed by atoms with van der Waals surface area (Å²) in [6.45, 7) is 3.46. The number of ether oxygens (including phenoxy) is 1. The molecule has 1 aromatic rings. The van der Waals surface area contributed by atoms with Crippen LogP contribution in [0.3, 0.4) is 0 Å². The fraction of sp³-hybridized carbons (Fsp3) is 0.462. The van der Waals surface area contributed by atoms with Gasteiger partial charge in [-0.1, -0.05) is 12.1 Å². The molecule has 0 radical (unpaired) electrons. The topological polar surface area (TPSA) is 55.6 Å². The first-order valence-corrected chi connectivity index (χ1v) is 5.81. The number of fused-ring (bicyclic) bond motifs is 1. The molecule has 17 heavy (non-hydrogen) atoms. The highest BCUT2D eigenvalue weighted by molar-refractivity contribution is 5.75. The summed E-state index contributed by atoms with van der Waals surface area (Å²) in [5, 5.41) is 0. The van der Waals surface area contributed by atoms with Gasteiger partial charge >= 0.3 is 5.97 Å². The van der Waals surface area contributed by atoms with Crippen molar-refractivity contribution in [1.29, 1.82) is 0 Å². The molecule has 92 valence electrons. The lowest BCUT2D eigenvalue weighted by molar-refractivity contribution is -0.146. The van der Waals surface area contributed by atoms with Gasteiger partial charge in [0, 0.05) is 18.8 Å². The molecule has 4 heteroatoms. The fourth-order valence-corrected chi connectivity index (χ4v) is 2.28. The Morgan fingerprint density at radius 3 is 3.00 bits per heavy atom. The minimum atomic E-state index is -0.215. The average molecular weight is 234 g/mol. The number of nitrogens with zero attached hydrogens (tertiary/aromatic N) is 1. The van der Waals surface area contributed by atoms with Gasteiger partial charge in [0.1, 0.15) is 6.04 Å². The van der Waals surface area contributed by atoms with E-state index in [9.17, 15) is 4.79 Å². The van der Waals surface area contributed by atoms with Crippen molar-refractivity contribution in [2.24, 2.45) is 0 Å². The first-order valence-electron chi connectivity index (χ1n) is 5.81. The molecule has 0 saturated carbocycles. The Bertz CT molecular complexity index is 431. The smallest absolute Gasteiger partial charge is 0.322 e. The summed E-state index contributed by atoms with van der Waals surface area (Å²) in [5.41, 5.74) is 9.22. The van der Waals surface area contributed by atoms with Gasteiger partial charge < -0.3 is 10.5 Å². The Kier molecular flexibility index (Phi) is 3.33. The number of carbonyl (C=O) groups excluding carboxylic acids is 1. The SMILES string of the molecule is COC(=O)C(C)N1CCc2cccc(N)c2C1. The first-order chi connectivity index (χ1) is 8.13. The van der Waals surface area contributed by atoms with Gasteiger partial charge in [-0.2, -0.15) is 0 Å². The van der Waals surface area contributed by atoms with Crippen LogP contribution in [0.2, 0.25) is 0 Å². The van der Waals surface area contributed by atoms with Crippen LogP contribution in [0.4, 0.5) is 5.69 Å². The van der Waals surface area contributed by atoms with E-state index in [0.717, 1.165) is 30.8 Å². The highest BCUT2D eigenvalue weighted by Crippen LogP contribution is 2.25. The summed E-state index contributed by atoms with van der Waals surface area (Å²) >= 11 is 0. The molecule has 2 rings (SSSR count). The number of nitrogen functional groups attached to an aromatic ring is 1. The zero-order valence-corrected chi connectivity index (χ0v) is 10.3. The molecule has 1 heterocycles. The van der Waals surface area contributed by atoms with Crippen LogP contribution < -0.4 is 5.73 Å². The van der Waals surface area contributed by atoms with Gasteiger partial charge in [0.05, 0.1) is 7.11 Å². The number of nitrogens with two attached hydrogens (primary N) is 1. The highest BCUT2D eigenvalue weighted by atomic mass is 16.5. The zero-order chi connectivity index (χ0) is 12.4. The lowest BCUT2D eigenvalue weighted by Crippen LogP contribution is -2.42. The molecule has 1 aromatic carbocycles. The number of carbonyl (C=O) groups is 1. The second-order valence-electron chi connectivity index (χ2n) is 4.40. The summed E-state index contributed by atoms with van der Waals surface area (Å²) in [7, 11) is 1.42. The molecule has 1 atom stereocenters. The van der Waals surface area contributed by atoms with Gasteiger partial charge in [0.15, 0.2) is 0 Å². The van der Waals surface area contributed by atoms with Gasteiger partial charge in [-0.05, 0) is 30.5 Å². The third-order valence-corrected chi connectivity index (χ3v) is 3.43. The van der Waals surface area contributed by atoms with E-state index in [4.69, 9.17) is 10.5 Å². The Hall–Kier alpha value is -1.55. The largest absolute Gasteiger partial charge is 0.468 e. The summed E-state index contributed by atoms with van der Waals surface area (Å²) in [6, 6.07) is 5.78. The summed E-state index contributed by atoms with van der Waals surface area (Å²) < 4.78 is 4.77. The number of methoxy groups -OCH3 is 1. The molecule has 0 saturated heterocycles. The average Bonchev–Trinajstić information content (AvgIpc) is 2.37. The molecular formula is C13H18N2O2. The number of hydrogen-bond donors (Lipinski definition) is 1. The second kappa shape index (κ2) is 4.75. The summed E-state index contributed by atoms with van der Waals surface area (Å²) in [5.74, 6) is -0.192. The molecule has 0 aliphatic carbocycles. The lowest BCUT2D eigenvalue weighted by Gasteiger charge is -2.32. The molecule has 0 amide bonds. The van der Waals surface area contributed by atoms with E-state index in [1.165, 1.54) is 12.7 Å². The van der Waals surface area contributed by atoms with E-state index < -0.39 is 0 Å². The summed E-state index contributed by atoms with van der Waals surface area (Å²) in [6.07, 6.45) is 0.932. The van der Waals surface area contributed by atoms with E-state index >= 15 is 0 Å². The molecule has 2 N–H and O–H groups in total. The Labute approximate surface area is 101 Å². The van der Waals surface area contributed by atoms with Crippen LogP contribution in [0.5, 0.6) is 0 Å². The maximum absolute atomic E-state index is 11.5. The van der Waals surface area contributed by atoms with Crippen molar-refractivity contribution < 1.29 is 9.53 Å². The highest BCUT2D eigenvalue weighted by Gasteiger charge is 2.26. The number of benzene rings is 1. The van der Waals surface area contributed by atoms with Gasteiger partial charge in [-0.3, -0.25) is 9.69 Å². The Morgan fingerprint density at radius 2 is 2.29 bits per heavy atom. The standard InChI is InChI=1S/C13H18N2O2/c1-9(13(16)17-2)15-7-6-10-4-3-5-12(14)11(10)8-15/h3-5,9H,6-8,14H2,1-2H3. The van der Waals surface area contributed by atoms with Gasteiger partial charge in [-0.25, -0.2) is 0 Å². The molecule has 0 bridgehead atoms. The predicted molar refractivity (Wildman–Crippen MR) is 66.4 cm³/mol. The van der Waals surface area contributed by atoms with E-state index in [1.807, 2.05) is 19.1 Å². The van der Waals surface area contributed by atoms with Crippen molar-refractivity contribution in [3.8, 4) is 0 Å². The summed E-state index contributed by atoms with van der Waals surface area (Å²) in [4.78, 5) is 13.6. The predicted octanol–water partition coefficient (Wildman–Crippen LogP) is 1.19. The number of rotatable bonds is 2. The quantitative estimate of drug-likeness (QED) is 0.617. The normalized spacial score (nSPS) is 17.3. The van der Waals surface area contributed by atoms with Gasteiger partial charge in [0.2, 0.25) is 0 Å². The number of anilines is 1. The Morgan fingerprint density at radius 1 is 1.53 bits per heavy atom. The van der Waals surface area contributed by atoms with Gasteiger partial charge in [-0.15, -0.1) is 0 Å². The van der Waals surface area contributed by atoms with Crippen LogP contribution in [0.25, 0.3) is 0 Å². The Balaban J connectivity index is 2.18. The second-order valence-corrected chi connectivity index (χ2v) is 4.40. The van der Waals surface area contributed by atoms with Crippen LogP contribution in [-0.2, 0) is 22.5 Å². The van der Waals surface area contributed by atoms with Crippen molar-refractivity contribution in [2.75, 3.05) is 19.4 Å².